The number of anilines is 2. The molecule has 2 aliphatic rings. The summed E-state index contributed by atoms with van der Waals surface area (Å²) < 4.78 is 0. The van der Waals surface area contributed by atoms with Gasteiger partial charge < -0.3 is 10.0 Å². The molecular weight excluding hydrogens is 330 g/mol. The number of benzene rings is 2. The van der Waals surface area contributed by atoms with Gasteiger partial charge >= 0.3 is 0 Å². The van der Waals surface area contributed by atoms with Crippen LogP contribution in [0.2, 0.25) is 0 Å². The zero-order valence-corrected chi connectivity index (χ0v) is 13.9. The molecule has 0 bridgehead atoms. The topological polar surface area (TPSA) is 84.6 Å². The molecule has 0 saturated carbocycles. The largest absolute Gasteiger partial charge is 0.392 e. The predicted octanol–water partition coefficient (Wildman–Crippen LogP) is 1.70. The van der Waals surface area contributed by atoms with Gasteiger partial charge in [0.2, 0.25) is 11.8 Å². The lowest BCUT2D eigenvalue weighted by atomic mass is 9.94. The van der Waals surface area contributed by atoms with E-state index in [0.29, 0.717) is 16.9 Å². The van der Waals surface area contributed by atoms with Gasteiger partial charge in [0.1, 0.15) is 6.04 Å². The molecule has 2 aromatic rings. The molecule has 0 radical (unpaired) electrons. The summed E-state index contributed by atoms with van der Waals surface area (Å²) in [6.07, 6.45) is 0. The second-order valence-corrected chi connectivity index (χ2v) is 6.49. The average molecular weight is 347 g/mol. The van der Waals surface area contributed by atoms with Gasteiger partial charge in [-0.3, -0.25) is 9.59 Å². The molecule has 3 atom stereocenters. The summed E-state index contributed by atoms with van der Waals surface area (Å²) in [5.74, 6) is -1.85. The Balaban J connectivity index is 1.71. The standard InChI is InChI=1S/C20H17N3O3/c21-10-17-18-15(11-22(17)16-9-5-4-6-13(16)12-24)19(25)23(20(18)26)14-7-2-1-3-8-14/h1-9,15,17-18,24H,11-12H2/t15-,17+,18-/m1/s1. The van der Waals surface area contributed by atoms with E-state index in [0.717, 1.165) is 0 Å². The zero-order valence-electron chi connectivity index (χ0n) is 13.9. The van der Waals surface area contributed by atoms with Gasteiger partial charge in [0.25, 0.3) is 0 Å². The number of fused-ring (bicyclic) bond motifs is 1. The molecule has 2 fully saturated rings. The first-order chi connectivity index (χ1) is 12.7. The van der Waals surface area contributed by atoms with Crippen LogP contribution in [-0.4, -0.2) is 29.5 Å². The van der Waals surface area contributed by atoms with Gasteiger partial charge in [-0.25, -0.2) is 4.90 Å². The highest BCUT2D eigenvalue weighted by Crippen LogP contribution is 2.42. The third kappa shape index (κ3) is 2.29. The van der Waals surface area contributed by atoms with Crippen molar-refractivity contribution in [1.82, 2.24) is 0 Å². The fourth-order valence-electron chi connectivity index (χ4n) is 3.97. The van der Waals surface area contributed by atoms with E-state index in [1.807, 2.05) is 12.1 Å². The Bertz CT molecular complexity index is 906. The van der Waals surface area contributed by atoms with Gasteiger partial charge in [-0.2, -0.15) is 5.26 Å². The van der Waals surface area contributed by atoms with Crippen molar-refractivity contribution in [2.45, 2.75) is 12.6 Å². The van der Waals surface area contributed by atoms with E-state index >= 15 is 0 Å². The highest BCUT2D eigenvalue weighted by atomic mass is 16.3. The van der Waals surface area contributed by atoms with E-state index < -0.39 is 17.9 Å². The number of nitrogens with zero attached hydrogens (tertiary/aromatic N) is 3. The number of carbonyl (C=O) groups is 2. The number of hydrogen-bond acceptors (Lipinski definition) is 5. The SMILES string of the molecule is N#C[C@H]1[C@@H]2C(=O)N(c3ccccc3)C(=O)[C@@H]2CN1c1ccccc1CO. The number of hydrogen-bond donors (Lipinski definition) is 1. The van der Waals surface area contributed by atoms with Crippen LogP contribution in [-0.2, 0) is 16.2 Å². The van der Waals surface area contributed by atoms with Crippen LogP contribution in [0.5, 0.6) is 0 Å². The number of amides is 2. The Labute approximate surface area is 150 Å². The predicted molar refractivity (Wildman–Crippen MR) is 95.0 cm³/mol. The van der Waals surface area contributed by atoms with Crippen molar-refractivity contribution in [3.63, 3.8) is 0 Å². The molecule has 2 saturated heterocycles. The molecular formula is C20H17N3O3. The highest BCUT2D eigenvalue weighted by Gasteiger charge is 2.58. The molecule has 2 aromatic carbocycles. The van der Waals surface area contributed by atoms with E-state index in [4.69, 9.17) is 0 Å². The van der Waals surface area contributed by atoms with Crippen LogP contribution in [0.15, 0.2) is 54.6 Å². The first kappa shape index (κ1) is 16.3. The summed E-state index contributed by atoms with van der Waals surface area (Å²) in [5, 5.41) is 19.3. The third-order valence-electron chi connectivity index (χ3n) is 5.16. The maximum Gasteiger partial charge on any atom is 0.240 e. The maximum absolute atomic E-state index is 13.0. The number of aliphatic hydroxyl groups excluding tert-OH is 1. The molecule has 6 nitrogen and oxygen atoms in total. The van der Waals surface area contributed by atoms with Crippen LogP contribution in [0.4, 0.5) is 11.4 Å². The second kappa shape index (κ2) is 6.28. The normalized spacial score (nSPS) is 24.7. The van der Waals surface area contributed by atoms with Crippen LogP contribution in [0.3, 0.4) is 0 Å². The Hall–Kier alpha value is -3.17. The van der Waals surface area contributed by atoms with Crippen molar-refractivity contribution in [3.8, 4) is 6.07 Å². The van der Waals surface area contributed by atoms with E-state index in [1.165, 1.54) is 4.90 Å². The number of nitriles is 1. The molecule has 2 aliphatic heterocycles. The van der Waals surface area contributed by atoms with Gasteiger partial charge in [0.05, 0.1) is 30.2 Å². The first-order valence-corrected chi connectivity index (χ1v) is 8.45. The quantitative estimate of drug-likeness (QED) is 0.854. The molecule has 0 aliphatic carbocycles. The molecule has 6 heteroatoms. The molecule has 1 N–H and O–H groups in total. The van der Waals surface area contributed by atoms with Crippen LogP contribution < -0.4 is 9.80 Å². The molecule has 0 spiro atoms. The fourth-order valence-corrected chi connectivity index (χ4v) is 3.97. The summed E-state index contributed by atoms with van der Waals surface area (Å²) in [6, 6.07) is 17.5. The molecule has 26 heavy (non-hydrogen) atoms. The lowest BCUT2D eigenvalue weighted by Gasteiger charge is -2.27. The number of rotatable bonds is 3. The summed E-state index contributed by atoms with van der Waals surface area (Å²) in [7, 11) is 0. The van der Waals surface area contributed by atoms with Gasteiger partial charge in [-0.15, -0.1) is 0 Å². The summed E-state index contributed by atoms with van der Waals surface area (Å²) in [5.41, 5.74) is 1.91. The molecule has 130 valence electrons. The van der Waals surface area contributed by atoms with Crippen molar-refractivity contribution in [1.29, 1.82) is 5.26 Å². The minimum absolute atomic E-state index is 0.168. The van der Waals surface area contributed by atoms with E-state index in [-0.39, 0.29) is 25.0 Å². The highest BCUT2D eigenvalue weighted by molar-refractivity contribution is 6.23. The van der Waals surface area contributed by atoms with E-state index in [1.54, 1.807) is 47.4 Å². The number of para-hydroxylation sites is 2. The minimum atomic E-state index is -0.738. The van der Waals surface area contributed by atoms with Crippen LogP contribution in [0, 0.1) is 23.2 Å². The summed E-state index contributed by atoms with van der Waals surface area (Å²) in [6.45, 7) is 0.117. The van der Waals surface area contributed by atoms with Gasteiger partial charge in [-0.05, 0) is 18.2 Å². The van der Waals surface area contributed by atoms with Gasteiger partial charge in [0.15, 0.2) is 0 Å². The Morgan fingerprint density at radius 2 is 1.73 bits per heavy atom. The number of aliphatic hydroxyl groups is 1. The molecule has 4 rings (SSSR count). The van der Waals surface area contributed by atoms with Gasteiger partial charge in [0, 0.05) is 17.8 Å². The second-order valence-electron chi connectivity index (χ2n) is 6.49. The molecule has 2 heterocycles. The third-order valence-corrected chi connectivity index (χ3v) is 5.16. The monoisotopic (exact) mass is 347 g/mol. The summed E-state index contributed by atoms with van der Waals surface area (Å²) >= 11 is 0. The van der Waals surface area contributed by atoms with E-state index in [9.17, 15) is 20.0 Å². The Morgan fingerprint density at radius 3 is 2.42 bits per heavy atom. The minimum Gasteiger partial charge on any atom is -0.392 e. The van der Waals surface area contributed by atoms with Crippen molar-refractivity contribution in [2.75, 3.05) is 16.3 Å². The smallest absolute Gasteiger partial charge is 0.240 e. The molecule has 0 aromatic heterocycles. The average Bonchev–Trinajstić information content (AvgIpc) is 3.18. The van der Waals surface area contributed by atoms with Crippen LogP contribution in [0.25, 0.3) is 0 Å². The van der Waals surface area contributed by atoms with E-state index in [2.05, 4.69) is 6.07 Å². The van der Waals surface area contributed by atoms with Crippen molar-refractivity contribution in [3.05, 3.63) is 60.2 Å². The van der Waals surface area contributed by atoms with Crippen LogP contribution >= 0.6 is 0 Å². The zero-order chi connectivity index (χ0) is 18.3. The maximum atomic E-state index is 13.0. The number of imide groups is 1. The van der Waals surface area contributed by atoms with Crippen LogP contribution in [0.1, 0.15) is 5.56 Å². The number of carbonyl (C=O) groups excluding carboxylic acids is 2. The lowest BCUT2D eigenvalue weighted by Crippen LogP contribution is -2.40. The molecule has 2 amide bonds. The Morgan fingerprint density at radius 1 is 1.04 bits per heavy atom. The first-order valence-electron chi connectivity index (χ1n) is 8.45. The fraction of sp³-hybridized carbons (Fsp3) is 0.250. The van der Waals surface area contributed by atoms with Crippen molar-refractivity contribution < 1.29 is 14.7 Å². The van der Waals surface area contributed by atoms with Crippen molar-refractivity contribution in [2.24, 2.45) is 11.8 Å². The van der Waals surface area contributed by atoms with Crippen molar-refractivity contribution >= 4 is 23.2 Å². The Kier molecular flexibility index (Phi) is 3.94. The summed E-state index contributed by atoms with van der Waals surface area (Å²) in [4.78, 5) is 28.9. The van der Waals surface area contributed by atoms with Gasteiger partial charge in [-0.1, -0.05) is 36.4 Å². The molecule has 0 unspecified atom stereocenters. The lowest BCUT2D eigenvalue weighted by molar-refractivity contribution is -0.122.